The SMILES string of the molecule is C=C1CC2C=Nc3cc(OCCCC(=O)Nc4cn(C)c(C(=O)Cc5cc(C(=O)Cc6cc(C(=O)n7ccc8cc(C(=O)O)cnc87)n(C)c6)n(C)c5)n4)c(C)cc3C(=O)N2C1. The summed E-state index contributed by atoms with van der Waals surface area (Å²) in [5.41, 5.74) is 5.08. The van der Waals surface area contributed by atoms with Crippen molar-refractivity contribution < 1.29 is 38.6 Å². The van der Waals surface area contributed by atoms with Gasteiger partial charge < -0.3 is 33.8 Å². The zero-order chi connectivity index (χ0) is 44.0. The minimum absolute atomic E-state index is 0.00490. The molecule has 2 aliphatic rings. The maximum absolute atomic E-state index is 13.5. The molecule has 1 aromatic carbocycles. The number of ketones is 2. The molecule has 5 aromatic heterocycles. The Kier molecular flexibility index (Phi) is 10.9. The predicted molar refractivity (Wildman–Crippen MR) is 228 cm³/mol. The molecule has 316 valence electrons. The number of Topliss-reactive ketones (excluding diaryl/α,β-unsaturated/α-hetero) is 2. The molecular formula is C45H43N9O8. The minimum atomic E-state index is -1.12. The Hall–Kier alpha value is -7.69. The van der Waals surface area contributed by atoms with Gasteiger partial charge >= 0.3 is 5.97 Å². The number of pyridine rings is 1. The summed E-state index contributed by atoms with van der Waals surface area (Å²) >= 11 is 0. The number of hydrogen-bond acceptors (Lipinski definition) is 10. The molecular weight excluding hydrogens is 795 g/mol. The lowest BCUT2D eigenvalue weighted by Gasteiger charge is -2.20. The highest BCUT2D eigenvalue weighted by molar-refractivity contribution is 6.04. The van der Waals surface area contributed by atoms with Gasteiger partial charge in [0.25, 0.3) is 11.8 Å². The number of aliphatic imine (C=N–C) groups is 1. The Bertz CT molecular complexity index is 2910. The molecule has 2 N–H and O–H groups in total. The molecule has 6 aromatic rings. The van der Waals surface area contributed by atoms with E-state index in [9.17, 15) is 33.9 Å². The summed E-state index contributed by atoms with van der Waals surface area (Å²) in [6.45, 7) is 6.66. The smallest absolute Gasteiger partial charge is 0.337 e. The van der Waals surface area contributed by atoms with Gasteiger partial charge in [0.1, 0.15) is 17.1 Å². The van der Waals surface area contributed by atoms with Gasteiger partial charge in [0.15, 0.2) is 17.4 Å². The molecule has 0 saturated carbocycles. The summed E-state index contributed by atoms with van der Waals surface area (Å²) < 4.78 is 12.1. The van der Waals surface area contributed by atoms with Crippen LogP contribution in [0.1, 0.15) is 88.3 Å². The summed E-state index contributed by atoms with van der Waals surface area (Å²) in [6.07, 6.45) is 10.7. The number of benzene rings is 1. The average Bonchev–Trinajstić information content (AvgIpc) is 4.05. The predicted octanol–water partition coefficient (Wildman–Crippen LogP) is 5.28. The number of aromatic nitrogens is 6. The Balaban J connectivity index is 0.832. The first-order chi connectivity index (χ1) is 29.6. The van der Waals surface area contributed by atoms with Crippen molar-refractivity contribution in [2.75, 3.05) is 18.5 Å². The van der Waals surface area contributed by atoms with Gasteiger partial charge in [-0.15, -0.1) is 0 Å². The summed E-state index contributed by atoms with van der Waals surface area (Å²) in [5, 5.41) is 12.5. The quantitative estimate of drug-likeness (QED) is 0.0826. The maximum Gasteiger partial charge on any atom is 0.337 e. The highest BCUT2D eigenvalue weighted by Gasteiger charge is 2.34. The van der Waals surface area contributed by atoms with Crippen molar-refractivity contribution in [2.24, 2.45) is 26.1 Å². The van der Waals surface area contributed by atoms with E-state index in [0.717, 1.165) is 11.1 Å². The monoisotopic (exact) mass is 837 g/mol. The van der Waals surface area contributed by atoms with Gasteiger partial charge in [0.2, 0.25) is 11.7 Å². The average molecular weight is 838 g/mol. The van der Waals surface area contributed by atoms with E-state index in [1.54, 1.807) is 94.9 Å². The number of imidazole rings is 1. The number of hydrogen-bond donors (Lipinski definition) is 2. The Morgan fingerprint density at radius 3 is 2.42 bits per heavy atom. The van der Waals surface area contributed by atoms with Crippen LogP contribution in [0.25, 0.3) is 11.0 Å². The second kappa shape index (κ2) is 16.4. The third-order valence-electron chi connectivity index (χ3n) is 11.0. The van der Waals surface area contributed by atoms with Gasteiger partial charge in [-0.1, -0.05) is 12.2 Å². The zero-order valence-corrected chi connectivity index (χ0v) is 34.5. The minimum Gasteiger partial charge on any atom is -0.493 e. The first-order valence-electron chi connectivity index (χ1n) is 19.9. The molecule has 1 atom stereocenters. The van der Waals surface area contributed by atoms with Crippen LogP contribution in [0.5, 0.6) is 5.75 Å². The largest absolute Gasteiger partial charge is 0.493 e. The molecule has 8 rings (SSSR count). The number of nitrogens with one attached hydrogen (secondary N) is 1. The summed E-state index contributed by atoms with van der Waals surface area (Å²) in [4.78, 5) is 92.7. The Morgan fingerprint density at radius 2 is 1.66 bits per heavy atom. The fourth-order valence-corrected chi connectivity index (χ4v) is 7.94. The summed E-state index contributed by atoms with van der Waals surface area (Å²) in [6, 6.07) is 9.81. The van der Waals surface area contributed by atoms with E-state index in [2.05, 4.69) is 26.9 Å². The topological polar surface area (TPSA) is 205 Å². The first kappa shape index (κ1) is 41.1. The normalized spacial score (nSPS) is 14.5. The Labute approximate surface area is 355 Å². The van der Waals surface area contributed by atoms with Crippen molar-refractivity contribution in [1.29, 1.82) is 0 Å². The van der Waals surface area contributed by atoms with Crippen LogP contribution in [0.3, 0.4) is 0 Å². The lowest BCUT2D eigenvalue weighted by molar-refractivity contribution is -0.116. The van der Waals surface area contributed by atoms with Crippen molar-refractivity contribution in [3.8, 4) is 5.75 Å². The third-order valence-corrected chi connectivity index (χ3v) is 11.0. The molecule has 0 spiro atoms. The van der Waals surface area contributed by atoms with Crippen LogP contribution in [0.2, 0.25) is 0 Å². The van der Waals surface area contributed by atoms with E-state index in [-0.39, 0.29) is 72.5 Å². The molecule has 0 radical (unpaired) electrons. The second-order valence-electron chi connectivity index (χ2n) is 15.8. The van der Waals surface area contributed by atoms with E-state index in [0.29, 0.717) is 69.9 Å². The molecule has 0 aliphatic carbocycles. The third kappa shape index (κ3) is 8.11. The molecule has 0 bridgehead atoms. The van der Waals surface area contributed by atoms with Gasteiger partial charge in [-0.05, 0) is 66.8 Å². The zero-order valence-electron chi connectivity index (χ0n) is 34.5. The highest BCUT2D eigenvalue weighted by Crippen LogP contribution is 2.35. The van der Waals surface area contributed by atoms with E-state index >= 15 is 0 Å². The summed E-state index contributed by atoms with van der Waals surface area (Å²) in [7, 11) is 5.07. The number of anilines is 1. The number of ether oxygens (including phenoxy) is 1. The van der Waals surface area contributed by atoms with Crippen LogP contribution >= 0.6 is 0 Å². The van der Waals surface area contributed by atoms with Crippen molar-refractivity contribution in [2.45, 2.75) is 45.1 Å². The van der Waals surface area contributed by atoms with Gasteiger partial charge in [-0.25, -0.2) is 14.8 Å². The lowest BCUT2D eigenvalue weighted by Crippen LogP contribution is -2.35. The van der Waals surface area contributed by atoms with E-state index < -0.39 is 11.9 Å². The fourth-order valence-electron chi connectivity index (χ4n) is 7.94. The Morgan fingerprint density at radius 1 is 0.935 bits per heavy atom. The number of carboxylic acids is 1. The van der Waals surface area contributed by atoms with Crippen LogP contribution in [0, 0.1) is 6.92 Å². The summed E-state index contributed by atoms with van der Waals surface area (Å²) in [5.74, 6) is -1.46. The number of fused-ring (bicyclic) bond motifs is 3. The molecule has 2 aliphatic heterocycles. The van der Waals surface area contributed by atoms with Crippen molar-refractivity contribution in [3.05, 3.63) is 125 Å². The number of nitrogens with zero attached hydrogens (tertiary/aromatic N) is 8. The van der Waals surface area contributed by atoms with Gasteiger partial charge in [0, 0.05) is 95.6 Å². The van der Waals surface area contributed by atoms with Crippen LogP contribution in [-0.4, -0.2) is 98.9 Å². The highest BCUT2D eigenvalue weighted by atomic mass is 16.5. The number of aryl methyl sites for hydroxylation is 4. The van der Waals surface area contributed by atoms with E-state index in [1.165, 1.54) is 23.0 Å². The van der Waals surface area contributed by atoms with Crippen LogP contribution in [0.15, 0.2) is 84.5 Å². The van der Waals surface area contributed by atoms with Gasteiger partial charge in [-0.3, -0.25) is 33.5 Å². The second-order valence-corrected chi connectivity index (χ2v) is 15.8. The lowest BCUT2D eigenvalue weighted by atomic mass is 10.1. The molecule has 1 fully saturated rings. The number of rotatable bonds is 14. The molecule has 1 saturated heterocycles. The molecule has 1 unspecified atom stereocenters. The van der Waals surface area contributed by atoms with Crippen molar-refractivity contribution in [3.63, 3.8) is 0 Å². The van der Waals surface area contributed by atoms with Crippen LogP contribution in [0.4, 0.5) is 11.5 Å². The van der Waals surface area contributed by atoms with E-state index in [4.69, 9.17) is 4.74 Å². The molecule has 2 amide bonds. The number of carbonyl (C=O) groups excluding carboxylic acids is 5. The van der Waals surface area contributed by atoms with Crippen molar-refractivity contribution >= 4 is 64.0 Å². The molecule has 17 heteroatoms. The van der Waals surface area contributed by atoms with Gasteiger partial charge in [0.05, 0.1) is 35.2 Å². The molecule has 62 heavy (non-hydrogen) atoms. The van der Waals surface area contributed by atoms with Gasteiger partial charge in [-0.2, -0.15) is 0 Å². The maximum atomic E-state index is 13.5. The molecule has 17 nitrogen and oxygen atoms in total. The number of carbonyl (C=O) groups is 6. The van der Waals surface area contributed by atoms with Crippen molar-refractivity contribution in [1.82, 2.24) is 33.1 Å². The first-order valence-corrected chi connectivity index (χ1v) is 19.9. The number of carboxylic acid groups (broad SMARTS) is 1. The number of amides is 2. The molecule has 7 heterocycles. The standard InChI is InChI=1S/C45H43N9O8/c1-25-11-31-20-46-33-18-38(26(2)12-32(33)43(58)54(31)21-25)62-10-6-7-40(57)48-39-24-52(5)42(49-39)37(56)16-27-13-34(50(3)22-27)36(55)15-28-14-35(51(4)23-28)44(59)53-9-8-29-17-30(45(60)61)19-47-41(29)53/h8-9,12-14,17-20,22-24,31H,1,6-7,10-11,15-16,21H2,2-5H3,(H,48,57)(H,60,61). The van der Waals surface area contributed by atoms with Crippen LogP contribution in [-0.2, 0) is 38.8 Å². The van der Waals surface area contributed by atoms with Crippen LogP contribution < -0.4 is 10.1 Å². The fraction of sp³-hybridized carbons (Fsp3) is 0.267. The number of aromatic carboxylic acids is 1. The van der Waals surface area contributed by atoms with E-state index in [1.807, 2.05) is 6.92 Å².